The Balaban J connectivity index is 4.06. The summed E-state index contributed by atoms with van der Waals surface area (Å²) in [5.41, 5.74) is 12.2. The molecular weight excluding hydrogens is 516 g/mol. The Morgan fingerprint density at radius 1 is 0.476 bits per heavy atom. The number of amides is 2. The lowest BCUT2D eigenvalue weighted by Crippen LogP contribution is -2.29. The Morgan fingerprint density at radius 2 is 0.786 bits per heavy atom. The van der Waals surface area contributed by atoms with Crippen LogP contribution in [0, 0.1) is 5.92 Å². The number of hydrogen-bond donors (Lipinski definition) is 2. The van der Waals surface area contributed by atoms with Crippen LogP contribution in [-0.4, -0.2) is 11.8 Å². The molecule has 0 fully saturated rings. The quantitative estimate of drug-likeness (QED) is 0.0576. The van der Waals surface area contributed by atoms with Crippen LogP contribution in [0.1, 0.15) is 213 Å². The van der Waals surface area contributed by atoms with Gasteiger partial charge in [0.1, 0.15) is 0 Å². The van der Waals surface area contributed by atoms with Gasteiger partial charge in [0, 0.05) is 6.42 Å². The number of carbonyl (C=O) groups is 2. The molecule has 42 heavy (non-hydrogen) atoms. The molecule has 0 spiro atoms. The van der Waals surface area contributed by atoms with Crippen LogP contribution >= 0.6 is 0 Å². The SMILES string of the molecule is CCCCCCCCCCCCCCCCC=C(CCCCCCCCCCCCCCCC)C(CC(N)=O)C(N)=O. The zero-order chi connectivity index (χ0) is 30.9. The van der Waals surface area contributed by atoms with Crippen molar-refractivity contribution in [3.8, 4) is 0 Å². The second-order valence-electron chi connectivity index (χ2n) is 13.1. The van der Waals surface area contributed by atoms with Gasteiger partial charge in [-0.15, -0.1) is 0 Å². The number of hydrogen-bond acceptors (Lipinski definition) is 2. The summed E-state index contributed by atoms with van der Waals surface area (Å²) < 4.78 is 0. The minimum atomic E-state index is -0.531. The summed E-state index contributed by atoms with van der Waals surface area (Å²) in [5, 5.41) is 0. The Bertz CT molecular complexity index is 631. The van der Waals surface area contributed by atoms with E-state index in [9.17, 15) is 9.59 Å². The smallest absolute Gasteiger partial charge is 0.225 e. The number of primary amides is 2. The van der Waals surface area contributed by atoms with Crippen molar-refractivity contribution in [1.29, 1.82) is 0 Å². The second kappa shape index (κ2) is 32.6. The third-order valence-electron chi connectivity index (χ3n) is 8.98. The van der Waals surface area contributed by atoms with E-state index in [1.54, 1.807) is 0 Å². The van der Waals surface area contributed by atoms with Gasteiger partial charge in [0.25, 0.3) is 0 Å². The van der Waals surface area contributed by atoms with Gasteiger partial charge in [0.2, 0.25) is 11.8 Å². The van der Waals surface area contributed by atoms with E-state index in [0.29, 0.717) is 0 Å². The molecule has 4 nitrogen and oxygen atoms in total. The Labute approximate surface area is 263 Å². The van der Waals surface area contributed by atoms with Crippen LogP contribution in [0.5, 0.6) is 0 Å². The van der Waals surface area contributed by atoms with Gasteiger partial charge in [0.05, 0.1) is 5.92 Å². The predicted molar refractivity (Wildman–Crippen MR) is 184 cm³/mol. The fourth-order valence-corrected chi connectivity index (χ4v) is 6.18. The monoisotopic (exact) mass is 591 g/mol. The molecule has 0 heterocycles. The van der Waals surface area contributed by atoms with E-state index >= 15 is 0 Å². The van der Waals surface area contributed by atoms with Crippen molar-refractivity contribution in [2.24, 2.45) is 17.4 Å². The van der Waals surface area contributed by atoms with Gasteiger partial charge in [-0.25, -0.2) is 0 Å². The maximum absolute atomic E-state index is 12.2. The molecule has 2 amide bonds. The van der Waals surface area contributed by atoms with Gasteiger partial charge >= 0.3 is 0 Å². The highest BCUT2D eigenvalue weighted by atomic mass is 16.2. The van der Waals surface area contributed by atoms with E-state index in [1.165, 1.54) is 167 Å². The lowest BCUT2D eigenvalue weighted by atomic mass is 9.89. The van der Waals surface area contributed by atoms with Gasteiger partial charge < -0.3 is 11.5 Å². The van der Waals surface area contributed by atoms with Crippen molar-refractivity contribution in [2.45, 2.75) is 213 Å². The predicted octanol–water partition coefficient (Wildman–Crippen LogP) is 11.6. The average Bonchev–Trinajstić information content (AvgIpc) is 2.96. The van der Waals surface area contributed by atoms with Crippen LogP contribution in [-0.2, 0) is 9.59 Å². The van der Waals surface area contributed by atoms with Crippen molar-refractivity contribution < 1.29 is 9.59 Å². The highest BCUT2D eigenvalue weighted by Gasteiger charge is 2.22. The van der Waals surface area contributed by atoms with Crippen LogP contribution in [0.2, 0.25) is 0 Å². The van der Waals surface area contributed by atoms with Crippen molar-refractivity contribution in [1.82, 2.24) is 0 Å². The largest absolute Gasteiger partial charge is 0.370 e. The van der Waals surface area contributed by atoms with Crippen molar-refractivity contribution >= 4 is 11.8 Å². The highest BCUT2D eigenvalue weighted by Crippen LogP contribution is 2.24. The number of allylic oxidation sites excluding steroid dienone is 1. The van der Waals surface area contributed by atoms with Gasteiger partial charge in [-0.2, -0.15) is 0 Å². The first-order valence-corrected chi connectivity index (χ1v) is 18.8. The van der Waals surface area contributed by atoms with Gasteiger partial charge in [-0.1, -0.05) is 192 Å². The third-order valence-corrected chi connectivity index (χ3v) is 8.98. The number of carbonyl (C=O) groups excluding carboxylic acids is 2. The Hall–Kier alpha value is -1.32. The summed E-state index contributed by atoms with van der Waals surface area (Å²) in [4.78, 5) is 23.8. The zero-order valence-corrected chi connectivity index (χ0v) is 28.5. The molecule has 0 aromatic heterocycles. The summed E-state index contributed by atoms with van der Waals surface area (Å²) in [6, 6.07) is 0. The fourth-order valence-electron chi connectivity index (χ4n) is 6.18. The van der Waals surface area contributed by atoms with Gasteiger partial charge in [0.15, 0.2) is 0 Å². The molecule has 0 rings (SSSR count). The Kier molecular flexibility index (Phi) is 31.6. The maximum atomic E-state index is 12.2. The van der Waals surface area contributed by atoms with E-state index in [-0.39, 0.29) is 6.42 Å². The second-order valence-corrected chi connectivity index (χ2v) is 13.1. The molecule has 0 aliphatic rings. The summed E-state index contributed by atoms with van der Waals surface area (Å²) in [7, 11) is 0. The highest BCUT2D eigenvalue weighted by molar-refractivity contribution is 5.86. The van der Waals surface area contributed by atoms with E-state index in [2.05, 4.69) is 19.9 Å². The van der Waals surface area contributed by atoms with Gasteiger partial charge in [-0.05, 0) is 25.7 Å². The number of nitrogens with two attached hydrogens (primary N) is 2. The van der Waals surface area contributed by atoms with E-state index < -0.39 is 17.7 Å². The van der Waals surface area contributed by atoms with E-state index in [0.717, 1.165) is 31.3 Å². The number of rotatable bonds is 34. The third kappa shape index (κ3) is 28.8. The molecule has 0 aromatic rings. The lowest BCUT2D eigenvalue weighted by molar-refractivity contribution is -0.125. The molecule has 0 saturated heterocycles. The molecule has 0 aliphatic carbocycles. The fraction of sp³-hybridized carbons (Fsp3) is 0.895. The average molecular weight is 591 g/mol. The maximum Gasteiger partial charge on any atom is 0.225 e. The standard InChI is InChI=1S/C38H74N2O2/c1-3-5-7-9-11-13-15-17-19-21-23-25-27-29-31-33-35(36(38(40)42)34-37(39)41)32-30-28-26-24-22-20-18-16-14-12-10-8-6-4-2/h33,36H,3-32,34H2,1-2H3,(H2,39,41)(H2,40,42). The summed E-state index contributed by atoms with van der Waals surface area (Å²) in [6.45, 7) is 4.56. The molecule has 4 heteroatoms. The lowest BCUT2D eigenvalue weighted by Gasteiger charge is -2.17. The molecular formula is C38H74N2O2. The molecule has 0 radical (unpaired) electrons. The molecule has 1 atom stereocenters. The van der Waals surface area contributed by atoms with Crippen molar-refractivity contribution in [3.63, 3.8) is 0 Å². The van der Waals surface area contributed by atoms with E-state index in [4.69, 9.17) is 11.5 Å². The summed E-state index contributed by atoms with van der Waals surface area (Å²) in [6.07, 6.45) is 41.7. The van der Waals surface area contributed by atoms with Gasteiger partial charge in [-0.3, -0.25) is 9.59 Å². The molecule has 0 saturated carbocycles. The van der Waals surface area contributed by atoms with Crippen LogP contribution in [0.25, 0.3) is 0 Å². The first kappa shape index (κ1) is 40.7. The molecule has 0 aromatic carbocycles. The molecule has 248 valence electrons. The zero-order valence-electron chi connectivity index (χ0n) is 28.5. The van der Waals surface area contributed by atoms with Crippen molar-refractivity contribution in [2.75, 3.05) is 0 Å². The first-order valence-electron chi connectivity index (χ1n) is 18.8. The van der Waals surface area contributed by atoms with Crippen molar-refractivity contribution in [3.05, 3.63) is 11.6 Å². The molecule has 0 bridgehead atoms. The molecule has 0 aliphatic heterocycles. The number of unbranched alkanes of at least 4 members (excludes halogenated alkanes) is 27. The first-order chi connectivity index (χ1) is 20.5. The summed E-state index contributed by atoms with van der Waals surface area (Å²) >= 11 is 0. The molecule has 1 unspecified atom stereocenters. The minimum Gasteiger partial charge on any atom is -0.370 e. The van der Waals surface area contributed by atoms with Crippen LogP contribution in [0.4, 0.5) is 0 Å². The Morgan fingerprint density at radius 3 is 1.10 bits per heavy atom. The van der Waals surface area contributed by atoms with E-state index in [1.807, 2.05) is 0 Å². The molecule has 4 N–H and O–H groups in total. The van der Waals surface area contributed by atoms with Crippen LogP contribution in [0.15, 0.2) is 11.6 Å². The van der Waals surface area contributed by atoms with Crippen LogP contribution in [0.3, 0.4) is 0 Å². The topological polar surface area (TPSA) is 86.2 Å². The normalized spacial score (nSPS) is 12.6. The van der Waals surface area contributed by atoms with Crippen LogP contribution < -0.4 is 11.5 Å². The minimum absolute atomic E-state index is 0.0402. The summed E-state index contributed by atoms with van der Waals surface area (Å²) in [5.74, 6) is -1.38.